The minimum Gasteiger partial charge on any atom is -0.308 e. The molecule has 1 aliphatic rings. The minimum absolute atomic E-state index is 0.0337. The highest BCUT2D eigenvalue weighted by molar-refractivity contribution is 9.10. The van der Waals surface area contributed by atoms with Crippen LogP contribution in [0.2, 0.25) is 5.15 Å². The van der Waals surface area contributed by atoms with Gasteiger partial charge in [-0.2, -0.15) is 4.72 Å². The predicted molar refractivity (Wildman–Crippen MR) is 138 cm³/mol. The van der Waals surface area contributed by atoms with Crippen LogP contribution < -0.4 is 9.62 Å². The molecule has 1 amide bonds. The van der Waals surface area contributed by atoms with Crippen molar-refractivity contribution in [1.82, 2.24) is 9.71 Å². The van der Waals surface area contributed by atoms with Crippen LogP contribution in [0, 0.1) is 0 Å². The van der Waals surface area contributed by atoms with Crippen molar-refractivity contribution < 1.29 is 26.0 Å². The number of carbonyl (C=O) groups excluding carboxylic acids is 1. The van der Waals surface area contributed by atoms with Gasteiger partial charge in [-0.25, -0.2) is 26.2 Å². The number of benzene rings is 2. The van der Waals surface area contributed by atoms with E-state index in [0.29, 0.717) is 16.8 Å². The Morgan fingerprint density at radius 3 is 2.42 bits per heavy atom. The van der Waals surface area contributed by atoms with E-state index in [1.165, 1.54) is 12.1 Å². The molecular formula is C23H20BrClFN3O5S2. The Morgan fingerprint density at radius 2 is 1.78 bits per heavy atom. The van der Waals surface area contributed by atoms with Crippen LogP contribution in [-0.4, -0.2) is 46.3 Å². The number of sulfone groups is 1. The second kappa shape index (κ2) is 9.82. The van der Waals surface area contributed by atoms with Crippen molar-refractivity contribution in [2.24, 2.45) is 0 Å². The lowest BCUT2D eigenvalue weighted by atomic mass is 10.0. The van der Waals surface area contributed by atoms with Gasteiger partial charge in [0.05, 0.1) is 9.37 Å². The molecule has 0 bridgehead atoms. The fourth-order valence-electron chi connectivity index (χ4n) is 3.92. The normalized spacial score (nSPS) is 18.9. The third-order valence-electron chi connectivity index (χ3n) is 5.64. The number of carbonyl (C=O) groups is 1. The topological polar surface area (TPSA) is 114 Å². The van der Waals surface area contributed by atoms with E-state index in [-0.39, 0.29) is 38.8 Å². The number of piperidine rings is 1. The molecule has 0 spiro atoms. The molecule has 190 valence electrons. The number of sulfonamides is 1. The Morgan fingerprint density at radius 1 is 1.11 bits per heavy atom. The Balaban J connectivity index is 1.61. The molecule has 2 heterocycles. The van der Waals surface area contributed by atoms with Crippen LogP contribution >= 0.6 is 27.5 Å². The molecule has 1 atom stereocenters. The van der Waals surface area contributed by atoms with Gasteiger partial charge < -0.3 is 4.90 Å². The molecule has 1 saturated heterocycles. The van der Waals surface area contributed by atoms with E-state index in [1.807, 2.05) is 4.72 Å². The van der Waals surface area contributed by atoms with E-state index >= 15 is 4.39 Å². The van der Waals surface area contributed by atoms with E-state index < -0.39 is 31.6 Å². The van der Waals surface area contributed by atoms with Crippen LogP contribution in [0.1, 0.15) is 12.8 Å². The first-order valence-corrected chi connectivity index (χ1v) is 15.1. The number of pyridine rings is 1. The Hall–Kier alpha value is -2.38. The zero-order valence-electron chi connectivity index (χ0n) is 18.8. The summed E-state index contributed by atoms with van der Waals surface area (Å²) in [5, 5.41) is 0.0337. The third kappa shape index (κ3) is 5.32. The van der Waals surface area contributed by atoms with Crippen molar-refractivity contribution >= 4 is 59.0 Å². The van der Waals surface area contributed by atoms with Gasteiger partial charge in [-0.15, -0.1) is 0 Å². The molecule has 36 heavy (non-hydrogen) atoms. The largest absolute Gasteiger partial charge is 0.308 e. The average molecular weight is 617 g/mol. The van der Waals surface area contributed by atoms with Crippen molar-refractivity contribution in [3.8, 4) is 11.1 Å². The fraction of sp³-hybridized carbons (Fsp3) is 0.217. The quantitative estimate of drug-likeness (QED) is 0.326. The standard InChI is InChI=1S/C23H20BrClFN3O5S2/c1-35(31,32)20-6-3-2-5-18(20)15-7-9-16(10-8-15)29-12-4-11-23(26,22(29)30)28-36(33,34)17-13-19(24)21(25)27-14-17/h2-3,5-10,13-14,28H,4,11-12H2,1H3. The average Bonchev–Trinajstić information content (AvgIpc) is 2.82. The number of amides is 1. The summed E-state index contributed by atoms with van der Waals surface area (Å²) in [6, 6.07) is 14.1. The van der Waals surface area contributed by atoms with Gasteiger partial charge in [0.1, 0.15) is 10.0 Å². The molecule has 4 rings (SSSR count). The SMILES string of the molecule is CS(=O)(=O)c1ccccc1-c1ccc(N2CCCC(F)(NS(=O)(=O)c3cnc(Cl)c(Br)c3)C2=O)cc1. The molecule has 0 aliphatic carbocycles. The number of hydrogen-bond donors (Lipinski definition) is 1. The minimum atomic E-state index is -4.44. The summed E-state index contributed by atoms with van der Waals surface area (Å²) in [7, 11) is -7.91. The molecule has 2 aromatic carbocycles. The summed E-state index contributed by atoms with van der Waals surface area (Å²) < 4.78 is 67.8. The molecule has 0 saturated carbocycles. The number of nitrogens with zero attached hydrogens (tertiary/aromatic N) is 2. The van der Waals surface area contributed by atoms with Crippen LogP contribution in [0.3, 0.4) is 0 Å². The van der Waals surface area contributed by atoms with Crippen molar-refractivity contribution in [1.29, 1.82) is 0 Å². The van der Waals surface area contributed by atoms with Gasteiger partial charge >= 0.3 is 0 Å². The van der Waals surface area contributed by atoms with Crippen LogP contribution in [-0.2, 0) is 24.7 Å². The van der Waals surface area contributed by atoms with E-state index in [1.54, 1.807) is 42.5 Å². The highest BCUT2D eigenvalue weighted by atomic mass is 79.9. The zero-order valence-corrected chi connectivity index (χ0v) is 22.8. The fourth-order valence-corrected chi connectivity index (χ4v) is 6.63. The first-order valence-electron chi connectivity index (χ1n) is 10.6. The summed E-state index contributed by atoms with van der Waals surface area (Å²) in [4.78, 5) is 17.8. The first kappa shape index (κ1) is 26.7. The molecule has 3 aromatic rings. The molecule has 1 fully saturated rings. The summed E-state index contributed by atoms with van der Waals surface area (Å²) >= 11 is 8.88. The highest BCUT2D eigenvalue weighted by Gasteiger charge is 2.48. The van der Waals surface area contributed by atoms with E-state index in [9.17, 15) is 21.6 Å². The zero-order chi connectivity index (χ0) is 26.3. The number of hydrogen-bond acceptors (Lipinski definition) is 6. The van der Waals surface area contributed by atoms with Gasteiger partial charge in [0.2, 0.25) is 10.0 Å². The van der Waals surface area contributed by atoms with Crippen LogP contribution in [0.5, 0.6) is 0 Å². The van der Waals surface area contributed by atoms with E-state index in [4.69, 9.17) is 11.6 Å². The molecule has 1 aromatic heterocycles. The maximum absolute atomic E-state index is 15.8. The summed E-state index contributed by atoms with van der Waals surface area (Å²) in [5.74, 6) is -3.92. The molecule has 0 radical (unpaired) electrons. The highest BCUT2D eigenvalue weighted by Crippen LogP contribution is 2.33. The van der Waals surface area contributed by atoms with Crippen molar-refractivity contribution in [3.05, 3.63) is 70.4 Å². The van der Waals surface area contributed by atoms with E-state index in [0.717, 1.165) is 17.4 Å². The molecule has 8 nitrogen and oxygen atoms in total. The summed E-state index contributed by atoms with van der Waals surface area (Å²) in [5.41, 5.74) is 1.43. The number of rotatable bonds is 6. The van der Waals surface area contributed by atoms with Gasteiger partial charge in [0, 0.05) is 36.7 Å². The number of alkyl halides is 1. The molecule has 1 unspecified atom stereocenters. The maximum atomic E-state index is 15.8. The first-order chi connectivity index (χ1) is 16.8. The van der Waals surface area contributed by atoms with Crippen molar-refractivity contribution in [2.45, 2.75) is 28.4 Å². The monoisotopic (exact) mass is 615 g/mol. The lowest BCUT2D eigenvalue weighted by Crippen LogP contribution is -2.60. The van der Waals surface area contributed by atoms with Gasteiger partial charge in [-0.05, 0) is 52.2 Å². The van der Waals surface area contributed by atoms with Gasteiger partial charge in [-0.3, -0.25) is 4.79 Å². The lowest BCUT2D eigenvalue weighted by Gasteiger charge is -2.36. The van der Waals surface area contributed by atoms with Gasteiger partial charge in [0.15, 0.2) is 9.84 Å². The predicted octanol–water partition coefficient (Wildman–Crippen LogP) is 4.34. The lowest BCUT2D eigenvalue weighted by molar-refractivity contribution is -0.133. The number of anilines is 1. The summed E-state index contributed by atoms with van der Waals surface area (Å²) in [6.45, 7) is 0.180. The molecule has 1 aliphatic heterocycles. The van der Waals surface area contributed by atoms with Crippen LogP contribution in [0.4, 0.5) is 10.1 Å². The molecule has 1 N–H and O–H groups in total. The second-order valence-corrected chi connectivity index (χ2v) is 13.1. The third-order valence-corrected chi connectivity index (χ3v) is 9.37. The van der Waals surface area contributed by atoms with Crippen molar-refractivity contribution in [2.75, 3.05) is 17.7 Å². The smallest absolute Gasteiger partial charge is 0.280 e. The number of aromatic nitrogens is 1. The number of halogens is 3. The molecular weight excluding hydrogens is 597 g/mol. The van der Waals surface area contributed by atoms with E-state index in [2.05, 4.69) is 20.9 Å². The van der Waals surface area contributed by atoms with Crippen molar-refractivity contribution in [3.63, 3.8) is 0 Å². The maximum Gasteiger partial charge on any atom is 0.280 e. The van der Waals surface area contributed by atoms with Crippen LogP contribution in [0.25, 0.3) is 11.1 Å². The Bertz CT molecular complexity index is 1550. The second-order valence-electron chi connectivity index (χ2n) is 8.23. The Labute approximate surface area is 221 Å². The van der Waals surface area contributed by atoms with Crippen LogP contribution in [0.15, 0.2) is 75.1 Å². The Kier molecular flexibility index (Phi) is 7.28. The van der Waals surface area contributed by atoms with Gasteiger partial charge in [-0.1, -0.05) is 41.9 Å². The summed E-state index contributed by atoms with van der Waals surface area (Å²) in [6.07, 6.45) is 1.94. The molecule has 13 heteroatoms. The van der Waals surface area contributed by atoms with Gasteiger partial charge in [0.25, 0.3) is 11.7 Å². The number of nitrogens with one attached hydrogen (secondary N) is 1.